The Morgan fingerprint density at radius 1 is 1.08 bits per heavy atom. The smallest absolute Gasteiger partial charge is 0.272 e. The molecule has 1 aromatic carbocycles. The van der Waals surface area contributed by atoms with E-state index in [1.165, 1.54) is 12.8 Å². The van der Waals surface area contributed by atoms with Crippen molar-refractivity contribution in [1.82, 2.24) is 29.8 Å². The van der Waals surface area contributed by atoms with Crippen LogP contribution in [-0.2, 0) is 0 Å². The number of hydrogen-bond donors (Lipinski definition) is 2. The Labute approximate surface area is 218 Å². The molecule has 190 valence electrons. The number of nitrogens with zero attached hydrogens (tertiary/aromatic N) is 5. The molecule has 1 atom stereocenters. The van der Waals surface area contributed by atoms with Crippen LogP contribution in [0.2, 0.25) is 0 Å². The number of piperidine rings is 1. The van der Waals surface area contributed by atoms with E-state index in [1.54, 1.807) is 40.2 Å². The molecule has 1 aliphatic heterocycles. The Balaban J connectivity index is 1.19. The van der Waals surface area contributed by atoms with Gasteiger partial charge in [-0.2, -0.15) is 5.10 Å². The highest BCUT2D eigenvalue weighted by molar-refractivity contribution is 7.16. The molecular formula is C27H29N7O2S. The molecule has 2 amide bonds. The third-order valence-electron chi connectivity index (χ3n) is 7.18. The van der Waals surface area contributed by atoms with Crippen LogP contribution < -0.4 is 10.6 Å². The molecule has 0 radical (unpaired) electrons. The van der Waals surface area contributed by atoms with Crippen LogP contribution in [0.4, 0.5) is 5.82 Å². The van der Waals surface area contributed by atoms with Gasteiger partial charge in [-0.3, -0.25) is 9.59 Å². The lowest BCUT2D eigenvalue weighted by Crippen LogP contribution is -2.46. The zero-order valence-electron chi connectivity index (χ0n) is 20.6. The Hall–Kier alpha value is -3.79. The second-order valence-corrected chi connectivity index (χ2v) is 10.7. The van der Waals surface area contributed by atoms with Crippen molar-refractivity contribution in [1.29, 1.82) is 0 Å². The maximum absolute atomic E-state index is 13.6. The molecule has 2 N–H and O–H groups in total. The van der Waals surface area contributed by atoms with E-state index in [1.807, 2.05) is 34.7 Å². The van der Waals surface area contributed by atoms with Gasteiger partial charge in [0.1, 0.15) is 16.3 Å². The summed E-state index contributed by atoms with van der Waals surface area (Å²) in [5.74, 6) is 1.61. The van der Waals surface area contributed by atoms with Gasteiger partial charge in [-0.25, -0.2) is 14.5 Å². The number of amides is 2. The third-order valence-corrected chi connectivity index (χ3v) is 8.06. The molecule has 0 unspecified atom stereocenters. The van der Waals surface area contributed by atoms with E-state index in [4.69, 9.17) is 9.97 Å². The highest BCUT2D eigenvalue weighted by Gasteiger charge is 2.30. The van der Waals surface area contributed by atoms with Crippen molar-refractivity contribution in [3.63, 3.8) is 0 Å². The van der Waals surface area contributed by atoms with Crippen LogP contribution in [-0.4, -0.2) is 61.5 Å². The van der Waals surface area contributed by atoms with Crippen molar-refractivity contribution in [3.8, 4) is 11.4 Å². The van der Waals surface area contributed by atoms with Crippen LogP contribution in [0.25, 0.3) is 16.2 Å². The fourth-order valence-electron chi connectivity index (χ4n) is 4.83. The molecule has 0 spiro atoms. The number of fused-ring (bicyclic) bond motifs is 1. The first-order valence-corrected chi connectivity index (χ1v) is 13.6. The number of thiazole rings is 1. The molecule has 9 nitrogen and oxygen atoms in total. The molecule has 1 saturated heterocycles. The lowest BCUT2D eigenvalue weighted by Gasteiger charge is -2.32. The maximum Gasteiger partial charge on any atom is 0.272 e. The number of carbonyl (C=O) groups is 2. The van der Waals surface area contributed by atoms with Gasteiger partial charge in [-0.1, -0.05) is 18.2 Å². The Kier molecular flexibility index (Phi) is 6.33. The standard InChI is InChI=1S/C27H29N7O2S/c1-17(18-7-8-18)29-23-15-22(31-24(32-23)21-16-28-34-13-14-37-27(21)34)26(36)33-11-9-20(10-12-33)30-25(35)19-5-3-2-4-6-19/h2-6,13-18,20H,7-12H2,1H3,(H,30,35)(H,29,31,32)/t17-/m0/s1. The summed E-state index contributed by atoms with van der Waals surface area (Å²) >= 11 is 1.57. The van der Waals surface area contributed by atoms with Gasteiger partial charge in [0.05, 0.1) is 11.8 Å². The lowest BCUT2D eigenvalue weighted by atomic mass is 10.0. The van der Waals surface area contributed by atoms with Crippen LogP contribution >= 0.6 is 11.3 Å². The molecule has 10 heteroatoms. The number of hydrogen-bond acceptors (Lipinski definition) is 7. The summed E-state index contributed by atoms with van der Waals surface area (Å²) in [5, 5.41) is 13.0. The summed E-state index contributed by atoms with van der Waals surface area (Å²) in [4.78, 5) is 38.3. The molecule has 3 aromatic heterocycles. The molecule has 4 aromatic rings. The predicted octanol–water partition coefficient (Wildman–Crippen LogP) is 4.10. The average molecular weight is 516 g/mol. The summed E-state index contributed by atoms with van der Waals surface area (Å²) in [6.45, 7) is 3.27. The SMILES string of the molecule is C[C@H](Nc1cc(C(=O)N2CCC(NC(=O)c3ccccc3)CC2)nc(-c2cnn3ccsc23)n1)C1CC1. The molecular weight excluding hydrogens is 486 g/mol. The van der Waals surface area contributed by atoms with Crippen LogP contribution in [0.15, 0.2) is 54.2 Å². The predicted molar refractivity (Wildman–Crippen MR) is 143 cm³/mol. The van der Waals surface area contributed by atoms with E-state index >= 15 is 0 Å². The van der Waals surface area contributed by atoms with Crippen molar-refractivity contribution < 1.29 is 9.59 Å². The molecule has 2 aliphatic rings. The highest BCUT2D eigenvalue weighted by Crippen LogP contribution is 2.34. The zero-order chi connectivity index (χ0) is 25.4. The second kappa shape index (κ2) is 9.93. The highest BCUT2D eigenvalue weighted by atomic mass is 32.1. The summed E-state index contributed by atoms with van der Waals surface area (Å²) in [6.07, 6.45) is 7.48. The van der Waals surface area contributed by atoms with Gasteiger partial charge in [0.25, 0.3) is 11.8 Å². The Morgan fingerprint density at radius 2 is 1.86 bits per heavy atom. The van der Waals surface area contributed by atoms with Crippen molar-refractivity contribution in [3.05, 3.63) is 65.4 Å². The molecule has 4 heterocycles. The second-order valence-electron chi connectivity index (χ2n) is 9.85. The monoisotopic (exact) mass is 515 g/mol. The summed E-state index contributed by atoms with van der Waals surface area (Å²) in [5.41, 5.74) is 1.84. The van der Waals surface area contributed by atoms with Gasteiger partial charge in [0, 0.05) is 48.4 Å². The molecule has 37 heavy (non-hydrogen) atoms. The van der Waals surface area contributed by atoms with Gasteiger partial charge in [-0.05, 0) is 50.7 Å². The van der Waals surface area contributed by atoms with Crippen LogP contribution in [0.1, 0.15) is 53.5 Å². The first-order valence-electron chi connectivity index (χ1n) is 12.8. The number of rotatable bonds is 7. The molecule has 2 fully saturated rings. The summed E-state index contributed by atoms with van der Waals surface area (Å²) < 4.78 is 1.80. The Morgan fingerprint density at radius 3 is 2.62 bits per heavy atom. The number of benzene rings is 1. The van der Waals surface area contributed by atoms with E-state index in [0.717, 1.165) is 10.4 Å². The van der Waals surface area contributed by atoms with Gasteiger partial charge < -0.3 is 15.5 Å². The van der Waals surface area contributed by atoms with E-state index in [9.17, 15) is 9.59 Å². The number of anilines is 1. The largest absolute Gasteiger partial charge is 0.367 e. The first-order chi connectivity index (χ1) is 18.0. The van der Waals surface area contributed by atoms with Gasteiger partial charge in [-0.15, -0.1) is 11.3 Å². The van der Waals surface area contributed by atoms with E-state index in [2.05, 4.69) is 22.7 Å². The molecule has 0 bridgehead atoms. The molecule has 1 aliphatic carbocycles. The number of carbonyl (C=O) groups excluding carboxylic acids is 2. The van der Waals surface area contributed by atoms with Crippen LogP contribution in [0.3, 0.4) is 0 Å². The minimum Gasteiger partial charge on any atom is -0.367 e. The van der Waals surface area contributed by atoms with E-state index < -0.39 is 0 Å². The summed E-state index contributed by atoms with van der Waals surface area (Å²) in [7, 11) is 0. The van der Waals surface area contributed by atoms with Crippen LogP contribution in [0, 0.1) is 5.92 Å². The van der Waals surface area contributed by atoms with Crippen molar-refractivity contribution in [2.45, 2.75) is 44.7 Å². The summed E-state index contributed by atoms with van der Waals surface area (Å²) in [6, 6.07) is 11.3. The quantitative estimate of drug-likeness (QED) is 0.384. The first kappa shape index (κ1) is 23.6. The zero-order valence-corrected chi connectivity index (χ0v) is 21.4. The van der Waals surface area contributed by atoms with Gasteiger partial charge >= 0.3 is 0 Å². The lowest BCUT2D eigenvalue weighted by molar-refractivity contribution is 0.0692. The van der Waals surface area contributed by atoms with Gasteiger partial charge in [0.2, 0.25) is 0 Å². The normalized spacial score (nSPS) is 17.1. The van der Waals surface area contributed by atoms with Gasteiger partial charge in [0.15, 0.2) is 5.82 Å². The van der Waals surface area contributed by atoms with Crippen molar-refractivity contribution in [2.24, 2.45) is 5.92 Å². The topological polar surface area (TPSA) is 105 Å². The minimum absolute atomic E-state index is 0.0360. The number of aromatic nitrogens is 4. The van der Waals surface area contributed by atoms with Crippen LogP contribution in [0.5, 0.6) is 0 Å². The maximum atomic E-state index is 13.6. The minimum atomic E-state index is -0.117. The fraction of sp³-hybridized carbons (Fsp3) is 0.370. The van der Waals surface area contributed by atoms with Crippen molar-refractivity contribution in [2.75, 3.05) is 18.4 Å². The van der Waals surface area contributed by atoms with E-state index in [0.29, 0.717) is 54.7 Å². The average Bonchev–Trinajstić information content (AvgIpc) is 3.55. The van der Waals surface area contributed by atoms with E-state index in [-0.39, 0.29) is 23.9 Å². The Bertz CT molecular complexity index is 1420. The fourth-order valence-corrected chi connectivity index (χ4v) is 5.62. The molecule has 6 rings (SSSR count). The third kappa shape index (κ3) is 5.06. The number of nitrogens with one attached hydrogen (secondary N) is 2. The number of likely N-dealkylation sites (tertiary alicyclic amines) is 1. The van der Waals surface area contributed by atoms with Crippen molar-refractivity contribution >= 4 is 33.8 Å². The molecule has 1 saturated carbocycles.